The minimum atomic E-state index is 0.287. The van der Waals surface area contributed by atoms with Crippen molar-refractivity contribution in [1.82, 2.24) is 24.9 Å². The Bertz CT molecular complexity index is 552. The van der Waals surface area contributed by atoms with Crippen molar-refractivity contribution >= 4 is 0 Å². The highest BCUT2D eigenvalue weighted by Gasteiger charge is 2.16. The molecule has 5 nitrogen and oxygen atoms in total. The standard InChI is InChI=1S/C14H23N5/c1-6-19-12(4)14(11(3)17-19)10(2)15-9-13-7-8-16-18(13)5/h7-8,10,15H,6,9H2,1-5H3. The molecule has 0 aliphatic carbocycles. The second-order valence-corrected chi connectivity index (χ2v) is 4.95. The molecular formula is C14H23N5. The molecule has 2 aromatic heterocycles. The molecule has 0 aliphatic heterocycles. The molecule has 1 unspecified atom stereocenters. The molecule has 104 valence electrons. The van der Waals surface area contributed by atoms with Crippen molar-refractivity contribution < 1.29 is 0 Å². The highest BCUT2D eigenvalue weighted by atomic mass is 15.3. The molecule has 19 heavy (non-hydrogen) atoms. The second kappa shape index (κ2) is 5.57. The first-order chi connectivity index (χ1) is 9.04. The lowest BCUT2D eigenvalue weighted by Gasteiger charge is -2.15. The third-order valence-corrected chi connectivity index (χ3v) is 3.68. The average Bonchev–Trinajstić information content (AvgIpc) is 2.90. The van der Waals surface area contributed by atoms with E-state index in [4.69, 9.17) is 0 Å². The van der Waals surface area contributed by atoms with E-state index in [0.717, 1.165) is 18.8 Å². The van der Waals surface area contributed by atoms with Gasteiger partial charge in [0.2, 0.25) is 0 Å². The van der Waals surface area contributed by atoms with Crippen LogP contribution in [0.5, 0.6) is 0 Å². The van der Waals surface area contributed by atoms with E-state index in [2.05, 4.69) is 47.9 Å². The maximum Gasteiger partial charge on any atom is 0.0644 e. The molecule has 1 N–H and O–H groups in total. The van der Waals surface area contributed by atoms with Crippen LogP contribution in [0.2, 0.25) is 0 Å². The molecule has 0 fully saturated rings. The first-order valence-electron chi connectivity index (χ1n) is 6.78. The van der Waals surface area contributed by atoms with Crippen LogP contribution >= 0.6 is 0 Å². The van der Waals surface area contributed by atoms with E-state index in [-0.39, 0.29) is 6.04 Å². The highest BCUT2D eigenvalue weighted by Crippen LogP contribution is 2.21. The van der Waals surface area contributed by atoms with Gasteiger partial charge in [-0.05, 0) is 33.8 Å². The van der Waals surface area contributed by atoms with Crippen LogP contribution < -0.4 is 5.32 Å². The number of hydrogen-bond acceptors (Lipinski definition) is 3. The Morgan fingerprint density at radius 2 is 2.11 bits per heavy atom. The Morgan fingerprint density at radius 3 is 2.63 bits per heavy atom. The number of nitrogens with one attached hydrogen (secondary N) is 1. The molecule has 0 aromatic carbocycles. The van der Waals surface area contributed by atoms with Crippen molar-refractivity contribution in [2.75, 3.05) is 0 Å². The van der Waals surface area contributed by atoms with E-state index in [1.54, 1.807) is 0 Å². The molecule has 0 bridgehead atoms. The summed E-state index contributed by atoms with van der Waals surface area (Å²) in [5.74, 6) is 0. The number of rotatable bonds is 5. The van der Waals surface area contributed by atoms with Gasteiger partial charge in [0.05, 0.1) is 11.4 Å². The summed E-state index contributed by atoms with van der Waals surface area (Å²) in [6, 6.07) is 2.32. The fourth-order valence-corrected chi connectivity index (χ4v) is 2.58. The van der Waals surface area contributed by atoms with Gasteiger partial charge in [-0.25, -0.2) is 0 Å². The number of hydrogen-bond donors (Lipinski definition) is 1. The van der Waals surface area contributed by atoms with Gasteiger partial charge in [0.15, 0.2) is 0 Å². The largest absolute Gasteiger partial charge is 0.304 e. The molecule has 2 aromatic rings. The van der Waals surface area contributed by atoms with Gasteiger partial charge in [-0.3, -0.25) is 9.36 Å². The molecule has 0 saturated carbocycles. The van der Waals surface area contributed by atoms with Gasteiger partial charge >= 0.3 is 0 Å². The third kappa shape index (κ3) is 2.71. The van der Waals surface area contributed by atoms with Crippen molar-refractivity contribution in [1.29, 1.82) is 0 Å². The minimum absolute atomic E-state index is 0.287. The maximum absolute atomic E-state index is 4.57. The summed E-state index contributed by atoms with van der Waals surface area (Å²) in [7, 11) is 1.97. The number of aromatic nitrogens is 4. The van der Waals surface area contributed by atoms with Crippen LogP contribution in [0, 0.1) is 13.8 Å². The summed E-state index contributed by atoms with van der Waals surface area (Å²) in [6.45, 7) is 10.3. The Morgan fingerprint density at radius 1 is 1.37 bits per heavy atom. The zero-order valence-electron chi connectivity index (χ0n) is 12.4. The smallest absolute Gasteiger partial charge is 0.0644 e. The monoisotopic (exact) mass is 261 g/mol. The van der Waals surface area contributed by atoms with Crippen molar-refractivity contribution in [3.8, 4) is 0 Å². The van der Waals surface area contributed by atoms with Crippen LogP contribution in [0.25, 0.3) is 0 Å². The first kappa shape index (κ1) is 13.8. The van der Waals surface area contributed by atoms with Gasteiger partial charge in [-0.2, -0.15) is 10.2 Å². The van der Waals surface area contributed by atoms with Gasteiger partial charge in [-0.15, -0.1) is 0 Å². The molecule has 0 amide bonds. The molecule has 0 spiro atoms. The molecule has 0 aliphatic rings. The summed E-state index contributed by atoms with van der Waals surface area (Å²) < 4.78 is 3.96. The van der Waals surface area contributed by atoms with Crippen molar-refractivity contribution in [3.63, 3.8) is 0 Å². The Labute approximate surface area is 114 Å². The van der Waals surface area contributed by atoms with Crippen LogP contribution in [-0.2, 0) is 20.1 Å². The van der Waals surface area contributed by atoms with Gasteiger partial charge in [0, 0.05) is 43.6 Å². The molecule has 0 radical (unpaired) electrons. The molecular weight excluding hydrogens is 238 g/mol. The Kier molecular flexibility index (Phi) is 4.04. The Hall–Kier alpha value is -1.62. The van der Waals surface area contributed by atoms with Crippen LogP contribution in [0.4, 0.5) is 0 Å². The van der Waals surface area contributed by atoms with Crippen LogP contribution in [0.1, 0.15) is 42.5 Å². The first-order valence-corrected chi connectivity index (χ1v) is 6.78. The number of aryl methyl sites for hydroxylation is 3. The van der Waals surface area contributed by atoms with Crippen molar-refractivity contribution in [2.24, 2.45) is 7.05 Å². The summed E-state index contributed by atoms with van der Waals surface area (Å²) >= 11 is 0. The summed E-state index contributed by atoms with van der Waals surface area (Å²) in [4.78, 5) is 0. The lowest BCUT2D eigenvalue weighted by atomic mass is 10.1. The molecule has 2 heterocycles. The second-order valence-electron chi connectivity index (χ2n) is 4.95. The highest BCUT2D eigenvalue weighted by molar-refractivity contribution is 5.27. The van der Waals surface area contributed by atoms with E-state index < -0.39 is 0 Å². The van der Waals surface area contributed by atoms with Gasteiger partial charge in [-0.1, -0.05) is 0 Å². The predicted octanol–water partition coefficient (Wildman–Crippen LogP) is 2.10. The molecule has 5 heteroatoms. The summed E-state index contributed by atoms with van der Waals surface area (Å²) in [5.41, 5.74) is 4.86. The van der Waals surface area contributed by atoms with E-state index in [1.807, 2.05) is 24.0 Å². The van der Waals surface area contributed by atoms with E-state index in [1.165, 1.54) is 17.0 Å². The maximum atomic E-state index is 4.57. The zero-order valence-corrected chi connectivity index (χ0v) is 12.4. The summed E-state index contributed by atoms with van der Waals surface area (Å²) in [5, 5.41) is 12.3. The normalized spacial score (nSPS) is 12.9. The van der Waals surface area contributed by atoms with Gasteiger partial charge in [0.1, 0.15) is 0 Å². The fraction of sp³-hybridized carbons (Fsp3) is 0.571. The SMILES string of the molecule is CCn1nc(C)c(C(C)NCc2ccnn2C)c1C. The fourth-order valence-electron chi connectivity index (χ4n) is 2.58. The van der Waals surface area contributed by atoms with Crippen molar-refractivity contribution in [3.05, 3.63) is 34.9 Å². The lowest BCUT2D eigenvalue weighted by molar-refractivity contribution is 0.542. The zero-order chi connectivity index (χ0) is 14.0. The van der Waals surface area contributed by atoms with E-state index >= 15 is 0 Å². The minimum Gasteiger partial charge on any atom is -0.304 e. The molecule has 0 saturated heterocycles. The van der Waals surface area contributed by atoms with Crippen LogP contribution in [0.15, 0.2) is 12.3 Å². The molecule has 1 atom stereocenters. The third-order valence-electron chi connectivity index (χ3n) is 3.68. The van der Waals surface area contributed by atoms with Gasteiger partial charge in [0.25, 0.3) is 0 Å². The van der Waals surface area contributed by atoms with Crippen molar-refractivity contribution in [2.45, 2.75) is 46.8 Å². The topological polar surface area (TPSA) is 47.7 Å². The predicted molar refractivity (Wildman–Crippen MR) is 75.8 cm³/mol. The molecule has 2 rings (SSSR count). The summed E-state index contributed by atoms with van der Waals surface area (Å²) in [6.07, 6.45) is 1.83. The van der Waals surface area contributed by atoms with Crippen LogP contribution in [-0.4, -0.2) is 19.6 Å². The van der Waals surface area contributed by atoms with E-state index in [0.29, 0.717) is 0 Å². The van der Waals surface area contributed by atoms with Gasteiger partial charge < -0.3 is 5.32 Å². The quantitative estimate of drug-likeness (QED) is 0.896. The average molecular weight is 261 g/mol. The van der Waals surface area contributed by atoms with E-state index in [9.17, 15) is 0 Å². The number of nitrogens with zero attached hydrogens (tertiary/aromatic N) is 4. The lowest BCUT2D eigenvalue weighted by Crippen LogP contribution is -2.21. The Balaban J connectivity index is 2.10. The van der Waals surface area contributed by atoms with Crippen LogP contribution in [0.3, 0.4) is 0 Å².